The van der Waals surface area contributed by atoms with E-state index in [2.05, 4.69) is 19.1 Å². The Morgan fingerprint density at radius 1 is 1.26 bits per heavy atom. The predicted molar refractivity (Wildman–Crippen MR) is 77.9 cm³/mol. The van der Waals surface area contributed by atoms with Gasteiger partial charge in [0.25, 0.3) is 5.56 Å². The Morgan fingerprint density at radius 2 is 1.89 bits per heavy atom. The molecule has 0 aliphatic carbocycles. The third kappa shape index (κ3) is 2.39. The van der Waals surface area contributed by atoms with E-state index in [0.29, 0.717) is 11.3 Å². The van der Waals surface area contributed by atoms with Gasteiger partial charge in [-0.2, -0.15) is 0 Å². The van der Waals surface area contributed by atoms with Crippen LogP contribution >= 0.6 is 0 Å². The average Bonchev–Trinajstić information content (AvgIpc) is 2.44. The first-order valence-corrected chi connectivity index (χ1v) is 6.29. The molecule has 0 radical (unpaired) electrons. The standard InChI is InChI=1S/C15H19N3O/c1-10(11-6-4-3-5-7-11)13-9-18(2)15(19)12(8-16)14(13)17/h3-7,9-10H,8,16-17H2,1-2H3. The van der Waals surface area contributed by atoms with Crippen molar-refractivity contribution in [2.45, 2.75) is 19.4 Å². The van der Waals surface area contributed by atoms with Crippen LogP contribution in [0.15, 0.2) is 41.3 Å². The third-order valence-corrected chi connectivity index (χ3v) is 3.52. The van der Waals surface area contributed by atoms with Crippen molar-refractivity contribution in [1.29, 1.82) is 0 Å². The van der Waals surface area contributed by atoms with E-state index >= 15 is 0 Å². The maximum atomic E-state index is 11.9. The average molecular weight is 257 g/mol. The summed E-state index contributed by atoms with van der Waals surface area (Å²) in [6.45, 7) is 2.24. The van der Waals surface area contributed by atoms with Gasteiger partial charge in [0.05, 0.1) is 5.56 Å². The van der Waals surface area contributed by atoms with Crippen molar-refractivity contribution >= 4 is 5.69 Å². The molecule has 1 unspecified atom stereocenters. The molecule has 1 aromatic carbocycles. The van der Waals surface area contributed by atoms with Crippen LogP contribution in [0.4, 0.5) is 5.69 Å². The van der Waals surface area contributed by atoms with Gasteiger partial charge in [-0.25, -0.2) is 0 Å². The summed E-state index contributed by atoms with van der Waals surface area (Å²) in [6.07, 6.45) is 1.80. The molecule has 4 heteroatoms. The normalized spacial score (nSPS) is 12.4. The summed E-state index contributed by atoms with van der Waals surface area (Å²) in [4.78, 5) is 11.9. The zero-order valence-corrected chi connectivity index (χ0v) is 11.3. The minimum absolute atomic E-state index is 0.121. The molecule has 1 aromatic heterocycles. The van der Waals surface area contributed by atoms with Crippen LogP contribution in [-0.2, 0) is 13.6 Å². The van der Waals surface area contributed by atoms with Crippen molar-refractivity contribution in [2.24, 2.45) is 12.8 Å². The number of hydrogen-bond acceptors (Lipinski definition) is 3. The molecule has 0 aliphatic heterocycles. The molecule has 0 saturated heterocycles. The number of hydrogen-bond donors (Lipinski definition) is 2. The van der Waals surface area contributed by atoms with Gasteiger partial charge >= 0.3 is 0 Å². The smallest absolute Gasteiger partial charge is 0.256 e. The largest absolute Gasteiger partial charge is 0.398 e. The van der Waals surface area contributed by atoms with Gasteiger partial charge in [-0.15, -0.1) is 0 Å². The second-order valence-electron chi connectivity index (χ2n) is 4.73. The van der Waals surface area contributed by atoms with Crippen LogP contribution in [0.3, 0.4) is 0 Å². The van der Waals surface area contributed by atoms with Crippen molar-refractivity contribution in [2.75, 3.05) is 5.73 Å². The molecule has 2 aromatic rings. The van der Waals surface area contributed by atoms with E-state index in [-0.39, 0.29) is 18.0 Å². The minimum Gasteiger partial charge on any atom is -0.398 e. The lowest BCUT2D eigenvalue weighted by molar-refractivity contribution is 0.795. The van der Waals surface area contributed by atoms with Crippen LogP contribution in [0.1, 0.15) is 29.5 Å². The van der Waals surface area contributed by atoms with Gasteiger partial charge < -0.3 is 16.0 Å². The van der Waals surface area contributed by atoms with Crippen LogP contribution < -0.4 is 17.0 Å². The fourth-order valence-corrected chi connectivity index (χ4v) is 2.30. The van der Waals surface area contributed by atoms with E-state index in [1.165, 1.54) is 0 Å². The summed E-state index contributed by atoms with van der Waals surface area (Å²) in [7, 11) is 1.72. The van der Waals surface area contributed by atoms with Crippen LogP contribution in [0.25, 0.3) is 0 Å². The van der Waals surface area contributed by atoms with E-state index in [4.69, 9.17) is 11.5 Å². The second-order valence-corrected chi connectivity index (χ2v) is 4.73. The van der Waals surface area contributed by atoms with Gasteiger partial charge in [-0.05, 0) is 11.1 Å². The monoisotopic (exact) mass is 257 g/mol. The van der Waals surface area contributed by atoms with Crippen molar-refractivity contribution in [1.82, 2.24) is 4.57 Å². The summed E-state index contributed by atoms with van der Waals surface area (Å²) in [5.74, 6) is 0.123. The summed E-state index contributed by atoms with van der Waals surface area (Å²) in [5.41, 5.74) is 14.7. The maximum Gasteiger partial charge on any atom is 0.256 e. The molecule has 100 valence electrons. The molecule has 0 spiro atoms. The Balaban J connectivity index is 2.58. The zero-order valence-electron chi connectivity index (χ0n) is 11.3. The van der Waals surface area contributed by atoms with E-state index in [0.717, 1.165) is 11.1 Å². The first-order valence-electron chi connectivity index (χ1n) is 6.29. The lowest BCUT2D eigenvalue weighted by atomic mass is 9.92. The molecular formula is C15H19N3O. The Kier molecular flexibility index (Phi) is 3.71. The van der Waals surface area contributed by atoms with Gasteiger partial charge in [0.1, 0.15) is 0 Å². The highest BCUT2D eigenvalue weighted by Crippen LogP contribution is 2.28. The Bertz CT molecular complexity index is 632. The number of nitrogens with two attached hydrogens (primary N) is 2. The topological polar surface area (TPSA) is 74.0 Å². The zero-order chi connectivity index (χ0) is 14.0. The summed E-state index contributed by atoms with van der Waals surface area (Å²) < 4.78 is 1.55. The number of anilines is 1. The van der Waals surface area contributed by atoms with Gasteiger partial charge in [-0.1, -0.05) is 37.3 Å². The molecule has 0 bridgehead atoms. The number of aromatic nitrogens is 1. The molecule has 1 atom stereocenters. The van der Waals surface area contributed by atoms with Crippen LogP contribution in [0, 0.1) is 0 Å². The van der Waals surface area contributed by atoms with Gasteiger partial charge in [0.15, 0.2) is 0 Å². The van der Waals surface area contributed by atoms with Crippen molar-refractivity contribution < 1.29 is 0 Å². The van der Waals surface area contributed by atoms with Gasteiger partial charge in [-0.3, -0.25) is 4.79 Å². The van der Waals surface area contributed by atoms with E-state index in [9.17, 15) is 4.79 Å². The number of benzene rings is 1. The van der Waals surface area contributed by atoms with Gasteiger partial charge in [0.2, 0.25) is 0 Å². The highest BCUT2D eigenvalue weighted by molar-refractivity contribution is 5.55. The minimum atomic E-state index is -0.121. The summed E-state index contributed by atoms with van der Waals surface area (Å²) in [5, 5.41) is 0. The summed E-state index contributed by atoms with van der Waals surface area (Å²) in [6, 6.07) is 10.1. The van der Waals surface area contributed by atoms with Crippen LogP contribution in [0.2, 0.25) is 0 Å². The Hall–Kier alpha value is -2.07. The third-order valence-electron chi connectivity index (χ3n) is 3.52. The fourth-order valence-electron chi connectivity index (χ4n) is 2.30. The first-order chi connectivity index (χ1) is 9.06. The van der Waals surface area contributed by atoms with Crippen molar-refractivity contribution in [3.63, 3.8) is 0 Å². The predicted octanol–water partition coefficient (Wildman–Crippen LogP) is 1.58. The highest BCUT2D eigenvalue weighted by atomic mass is 16.1. The molecule has 0 aliphatic rings. The summed E-state index contributed by atoms with van der Waals surface area (Å²) >= 11 is 0. The maximum absolute atomic E-state index is 11.9. The van der Waals surface area contributed by atoms with E-state index in [1.54, 1.807) is 17.8 Å². The fraction of sp³-hybridized carbons (Fsp3) is 0.267. The Labute approximate surface area is 112 Å². The molecule has 4 N–H and O–H groups in total. The van der Waals surface area contributed by atoms with Crippen LogP contribution in [-0.4, -0.2) is 4.57 Å². The number of aryl methyl sites for hydroxylation is 1. The lowest BCUT2D eigenvalue weighted by Gasteiger charge is -2.18. The Morgan fingerprint density at radius 3 is 2.47 bits per heavy atom. The molecular weight excluding hydrogens is 238 g/mol. The molecule has 1 heterocycles. The molecule has 0 amide bonds. The lowest BCUT2D eigenvalue weighted by Crippen LogP contribution is -2.26. The van der Waals surface area contributed by atoms with E-state index in [1.807, 2.05) is 18.2 Å². The molecule has 2 rings (SSSR count). The number of rotatable bonds is 3. The van der Waals surface area contributed by atoms with Crippen LogP contribution in [0.5, 0.6) is 0 Å². The first kappa shape index (κ1) is 13.4. The van der Waals surface area contributed by atoms with E-state index < -0.39 is 0 Å². The number of pyridine rings is 1. The number of nitrogens with zero attached hydrogens (tertiary/aromatic N) is 1. The quantitative estimate of drug-likeness (QED) is 0.876. The highest BCUT2D eigenvalue weighted by Gasteiger charge is 2.16. The second kappa shape index (κ2) is 5.28. The van der Waals surface area contributed by atoms with Crippen molar-refractivity contribution in [3.8, 4) is 0 Å². The van der Waals surface area contributed by atoms with Gasteiger partial charge in [0, 0.05) is 31.4 Å². The molecule has 0 saturated carbocycles. The van der Waals surface area contributed by atoms with Crippen molar-refractivity contribution in [3.05, 3.63) is 63.6 Å². The number of nitrogen functional groups attached to an aromatic ring is 1. The SMILES string of the molecule is CC(c1ccccc1)c1cn(C)c(=O)c(CN)c1N. The molecule has 4 nitrogen and oxygen atoms in total. The molecule has 0 fully saturated rings. The molecule has 19 heavy (non-hydrogen) atoms.